The highest BCUT2D eigenvalue weighted by Gasteiger charge is 2.14. The van der Waals surface area contributed by atoms with Gasteiger partial charge >= 0.3 is 5.97 Å². The van der Waals surface area contributed by atoms with Crippen LogP contribution in [0.3, 0.4) is 0 Å². The standard InChI is InChI=1S/C17H16N2O3S/c20-16(18-8-7-12-4-3-9-23-12)11-22-17(21)14-10-19-15-6-2-1-5-13(14)15/h1-6,9-10,19H,7-8,11H2,(H,18,20). The van der Waals surface area contributed by atoms with Gasteiger partial charge in [-0.2, -0.15) is 0 Å². The number of ether oxygens (including phenoxy) is 1. The molecule has 2 aromatic heterocycles. The van der Waals surface area contributed by atoms with E-state index in [0.717, 1.165) is 17.3 Å². The summed E-state index contributed by atoms with van der Waals surface area (Å²) in [5.74, 6) is -0.800. The van der Waals surface area contributed by atoms with Crippen LogP contribution in [0.15, 0.2) is 48.0 Å². The van der Waals surface area contributed by atoms with Crippen LogP contribution in [0.5, 0.6) is 0 Å². The lowest BCUT2D eigenvalue weighted by atomic mass is 10.2. The van der Waals surface area contributed by atoms with Crippen molar-refractivity contribution in [3.63, 3.8) is 0 Å². The maximum Gasteiger partial charge on any atom is 0.340 e. The second kappa shape index (κ2) is 7.11. The fourth-order valence-electron chi connectivity index (χ4n) is 2.28. The molecule has 5 nitrogen and oxygen atoms in total. The monoisotopic (exact) mass is 328 g/mol. The van der Waals surface area contributed by atoms with Crippen LogP contribution in [-0.4, -0.2) is 30.0 Å². The summed E-state index contributed by atoms with van der Waals surface area (Å²) in [6.45, 7) is 0.257. The number of thiophene rings is 1. The van der Waals surface area contributed by atoms with Crippen LogP contribution in [0.1, 0.15) is 15.2 Å². The van der Waals surface area contributed by atoms with Crippen molar-refractivity contribution in [2.24, 2.45) is 0 Å². The number of nitrogens with one attached hydrogen (secondary N) is 2. The largest absolute Gasteiger partial charge is 0.452 e. The van der Waals surface area contributed by atoms with Crippen LogP contribution in [0.2, 0.25) is 0 Å². The molecule has 0 spiro atoms. The summed E-state index contributed by atoms with van der Waals surface area (Å²) < 4.78 is 5.08. The van der Waals surface area contributed by atoms with E-state index < -0.39 is 5.97 Å². The summed E-state index contributed by atoms with van der Waals surface area (Å²) in [4.78, 5) is 28.0. The Morgan fingerprint density at radius 2 is 2.04 bits per heavy atom. The molecule has 0 saturated carbocycles. The van der Waals surface area contributed by atoms with E-state index in [-0.39, 0.29) is 12.5 Å². The van der Waals surface area contributed by atoms with Gasteiger partial charge in [-0.05, 0) is 23.9 Å². The van der Waals surface area contributed by atoms with Gasteiger partial charge in [-0.25, -0.2) is 4.79 Å². The molecular formula is C17H16N2O3S. The summed E-state index contributed by atoms with van der Waals surface area (Å²) >= 11 is 1.65. The van der Waals surface area contributed by atoms with Gasteiger partial charge < -0.3 is 15.0 Å². The molecule has 118 valence electrons. The molecular weight excluding hydrogens is 312 g/mol. The molecule has 0 saturated heterocycles. The van der Waals surface area contributed by atoms with E-state index in [1.807, 2.05) is 41.8 Å². The van der Waals surface area contributed by atoms with Gasteiger partial charge in [0.1, 0.15) is 0 Å². The minimum atomic E-state index is -0.504. The molecule has 1 amide bonds. The third-order valence-electron chi connectivity index (χ3n) is 3.42. The van der Waals surface area contributed by atoms with E-state index in [9.17, 15) is 9.59 Å². The molecule has 0 bridgehead atoms. The molecule has 23 heavy (non-hydrogen) atoms. The Morgan fingerprint density at radius 3 is 2.87 bits per heavy atom. The number of amides is 1. The van der Waals surface area contributed by atoms with E-state index >= 15 is 0 Å². The van der Waals surface area contributed by atoms with Gasteiger partial charge in [-0.15, -0.1) is 11.3 Å². The third-order valence-corrected chi connectivity index (χ3v) is 4.35. The highest BCUT2D eigenvalue weighted by molar-refractivity contribution is 7.09. The predicted molar refractivity (Wildman–Crippen MR) is 89.6 cm³/mol. The SMILES string of the molecule is O=C(COC(=O)c1c[nH]c2ccccc12)NCCc1cccs1. The average molecular weight is 328 g/mol. The zero-order valence-corrected chi connectivity index (χ0v) is 13.2. The molecule has 0 unspecified atom stereocenters. The Bertz CT molecular complexity index is 808. The van der Waals surface area contributed by atoms with Crippen LogP contribution in [0.25, 0.3) is 10.9 Å². The lowest BCUT2D eigenvalue weighted by Gasteiger charge is -2.05. The van der Waals surface area contributed by atoms with Crippen LogP contribution in [-0.2, 0) is 16.0 Å². The first-order valence-electron chi connectivity index (χ1n) is 7.26. The number of carbonyl (C=O) groups excluding carboxylic acids is 2. The van der Waals surface area contributed by atoms with Crippen LogP contribution >= 0.6 is 11.3 Å². The molecule has 0 aliphatic carbocycles. The number of fused-ring (bicyclic) bond motifs is 1. The highest BCUT2D eigenvalue weighted by Crippen LogP contribution is 2.18. The summed E-state index contributed by atoms with van der Waals surface area (Å²) in [7, 11) is 0. The Kier molecular flexibility index (Phi) is 4.73. The quantitative estimate of drug-likeness (QED) is 0.684. The van der Waals surface area contributed by atoms with Crippen molar-refractivity contribution in [2.45, 2.75) is 6.42 Å². The number of rotatable bonds is 6. The van der Waals surface area contributed by atoms with Gasteiger partial charge in [-0.3, -0.25) is 4.79 Å². The molecule has 0 radical (unpaired) electrons. The van der Waals surface area contributed by atoms with Crippen molar-refractivity contribution >= 4 is 34.1 Å². The van der Waals surface area contributed by atoms with E-state index in [1.165, 1.54) is 4.88 Å². The van der Waals surface area contributed by atoms with Crippen molar-refractivity contribution in [3.8, 4) is 0 Å². The number of hydrogen-bond acceptors (Lipinski definition) is 4. The Morgan fingerprint density at radius 1 is 1.17 bits per heavy atom. The fourth-order valence-corrected chi connectivity index (χ4v) is 2.99. The van der Waals surface area contributed by atoms with Gasteiger partial charge in [0.15, 0.2) is 6.61 Å². The number of carbonyl (C=O) groups is 2. The van der Waals surface area contributed by atoms with Gasteiger partial charge in [0.25, 0.3) is 5.91 Å². The van der Waals surface area contributed by atoms with Gasteiger partial charge in [0.05, 0.1) is 5.56 Å². The summed E-state index contributed by atoms with van der Waals surface area (Å²) in [5, 5.41) is 5.53. The fraction of sp³-hybridized carbons (Fsp3) is 0.176. The number of aromatic nitrogens is 1. The zero-order chi connectivity index (χ0) is 16.1. The molecule has 2 heterocycles. The Balaban J connectivity index is 1.47. The summed E-state index contributed by atoms with van der Waals surface area (Å²) in [6.07, 6.45) is 2.38. The summed E-state index contributed by atoms with van der Waals surface area (Å²) in [6, 6.07) is 11.4. The zero-order valence-electron chi connectivity index (χ0n) is 12.4. The molecule has 6 heteroatoms. The van der Waals surface area contributed by atoms with Crippen LogP contribution < -0.4 is 5.32 Å². The topological polar surface area (TPSA) is 71.2 Å². The highest BCUT2D eigenvalue weighted by atomic mass is 32.1. The Hall–Kier alpha value is -2.60. The first-order valence-corrected chi connectivity index (χ1v) is 8.14. The normalized spacial score (nSPS) is 10.6. The number of esters is 1. The third kappa shape index (κ3) is 3.78. The summed E-state index contributed by atoms with van der Waals surface area (Å²) in [5.41, 5.74) is 1.30. The molecule has 0 aliphatic rings. The minimum absolute atomic E-state index is 0.275. The second-order valence-electron chi connectivity index (χ2n) is 5.00. The molecule has 3 aromatic rings. The van der Waals surface area contributed by atoms with Crippen molar-refractivity contribution in [1.29, 1.82) is 0 Å². The van der Waals surface area contributed by atoms with E-state index in [4.69, 9.17) is 4.74 Å². The molecule has 0 aliphatic heterocycles. The van der Waals surface area contributed by atoms with Crippen molar-refractivity contribution in [1.82, 2.24) is 10.3 Å². The van der Waals surface area contributed by atoms with E-state index in [2.05, 4.69) is 10.3 Å². The van der Waals surface area contributed by atoms with Crippen molar-refractivity contribution in [2.75, 3.05) is 13.2 Å². The molecule has 2 N–H and O–H groups in total. The molecule has 1 aromatic carbocycles. The van der Waals surface area contributed by atoms with Gasteiger partial charge in [-0.1, -0.05) is 24.3 Å². The lowest BCUT2D eigenvalue weighted by molar-refractivity contribution is -0.124. The number of aromatic amines is 1. The molecule has 0 fully saturated rings. The maximum atomic E-state index is 12.1. The van der Waals surface area contributed by atoms with Crippen LogP contribution in [0, 0.1) is 0 Å². The van der Waals surface area contributed by atoms with E-state index in [0.29, 0.717) is 12.1 Å². The Labute approximate surface area is 137 Å². The van der Waals surface area contributed by atoms with Gasteiger partial charge in [0.2, 0.25) is 0 Å². The first kappa shape index (κ1) is 15.3. The molecule has 0 atom stereocenters. The van der Waals surface area contributed by atoms with Gasteiger partial charge in [0, 0.05) is 28.5 Å². The second-order valence-corrected chi connectivity index (χ2v) is 6.04. The number of para-hydroxylation sites is 1. The lowest BCUT2D eigenvalue weighted by Crippen LogP contribution is -2.30. The number of hydrogen-bond donors (Lipinski definition) is 2. The van der Waals surface area contributed by atoms with Crippen LogP contribution in [0.4, 0.5) is 0 Å². The molecule has 3 rings (SSSR count). The smallest absolute Gasteiger partial charge is 0.340 e. The maximum absolute atomic E-state index is 12.1. The van der Waals surface area contributed by atoms with Crippen molar-refractivity contribution in [3.05, 3.63) is 58.4 Å². The number of H-pyrrole nitrogens is 1. The number of benzene rings is 1. The first-order chi connectivity index (χ1) is 11.2. The minimum Gasteiger partial charge on any atom is -0.452 e. The average Bonchev–Trinajstić information content (AvgIpc) is 3.22. The van der Waals surface area contributed by atoms with E-state index in [1.54, 1.807) is 17.5 Å². The van der Waals surface area contributed by atoms with Crippen molar-refractivity contribution < 1.29 is 14.3 Å². The predicted octanol–water partition coefficient (Wildman–Crippen LogP) is 2.75.